The highest BCUT2D eigenvalue weighted by molar-refractivity contribution is 9.10. The van der Waals surface area contributed by atoms with Crippen molar-refractivity contribution in [3.05, 3.63) is 69.7 Å². The van der Waals surface area contributed by atoms with E-state index in [-0.39, 0.29) is 18.4 Å². The molecular weight excluding hydrogens is 380 g/mol. The standard InChI is InChI=1S/C20H21BrN2O2/c1-14-6-4-7-15(2)20(14)22-18(24)13-23(3)19(25)11-10-16-8-5-9-17(21)12-16/h4-12H,13H2,1-3H3,(H,22,24)/b11-10+. The zero-order valence-electron chi connectivity index (χ0n) is 14.5. The highest BCUT2D eigenvalue weighted by atomic mass is 79.9. The Morgan fingerprint density at radius 1 is 1.12 bits per heavy atom. The number of para-hydroxylation sites is 1. The third kappa shape index (κ3) is 5.57. The number of carbonyl (C=O) groups excluding carboxylic acids is 2. The predicted molar refractivity (Wildman–Crippen MR) is 105 cm³/mol. The lowest BCUT2D eigenvalue weighted by atomic mass is 10.1. The highest BCUT2D eigenvalue weighted by Crippen LogP contribution is 2.19. The van der Waals surface area contributed by atoms with Gasteiger partial charge in [0.25, 0.3) is 0 Å². The van der Waals surface area contributed by atoms with E-state index in [0.29, 0.717) is 0 Å². The third-order valence-electron chi connectivity index (χ3n) is 3.77. The molecule has 0 fully saturated rings. The fraction of sp³-hybridized carbons (Fsp3) is 0.200. The normalized spacial score (nSPS) is 10.7. The summed E-state index contributed by atoms with van der Waals surface area (Å²) in [6, 6.07) is 13.5. The van der Waals surface area contributed by atoms with Crippen LogP contribution in [-0.2, 0) is 9.59 Å². The van der Waals surface area contributed by atoms with Gasteiger partial charge < -0.3 is 10.2 Å². The van der Waals surface area contributed by atoms with Gasteiger partial charge in [0.1, 0.15) is 0 Å². The summed E-state index contributed by atoms with van der Waals surface area (Å²) in [7, 11) is 1.61. The Morgan fingerprint density at radius 3 is 2.40 bits per heavy atom. The minimum atomic E-state index is -0.225. The Hall–Kier alpha value is -2.40. The molecule has 0 aliphatic rings. The Kier molecular flexibility index (Phi) is 6.53. The molecule has 1 N–H and O–H groups in total. The highest BCUT2D eigenvalue weighted by Gasteiger charge is 2.12. The first-order valence-electron chi connectivity index (χ1n) is 7.91. The van der Waals surface area contributed by atoms with E-state index in [2.05, 4.69) is 21.2 Å². The number of benzene rings is 2. The second-order valence-electron chi connectivity index (χ2n) is 5.90. The van der Waals surface area contributed by atoms with Gasteiger partial charge in [-0.1, -0.05) is 46.3 Å². The minimum absolute atomic E-state index is 0.00453. The molecule has 0 unspecified atom stereocenters. The summed E-state index contributed by atoms with van der Waals surface area (Å²) in [5.74, 6) is -0.444. The molecule has 2 rings (SSSR count). The maximum absolute atomic E-state index is 12.2. The molecule has 2 amide bonds. The Morgan fingerprint density at radius 2 is 1.76 bits per heavy atom. The van der Waals surface area contributed by atoms with Crippen molar-refractivity contribution in [2.75, 3.05) is 18.9 Å². The van der Waals surface area contributed by atoms with Crippen molar-refractivity contribution in [1.82, 2.24) is 4.90 Å². The van der Waals surface area contributed by atoms with Gasteiger partial charge in [0, 0.05) is 23.3 Å². The average molecular weight is 401 g/mol. The largest absolute Gasteiger partial charge is 0.333 e. The number of aryl methyl sites for hydroxylation is 2. The van der Waals surface area contributed by atoms with Gasteiger partial charge in [-0.25, -0.2) is 0 Å². The predicted octanol–water partition coefficient (Wildman–Crippen LogP) is 4.18. The summed E-state index contributed by atoms with van der Waals surface area (Å²) in [6.45, 7) is 3.88. The van der Waals surface area contributed by atoms with E-state index in [1.54, 1.807) is 13.1 Å². The van der Waals surface area contributed by atoms with Gasteiger partial charge in [-0.3, -0.25) is 9.59 Å². The average Bonchev–Trinajstić information content (AvgIpc) is 2.56. The molecule has 2 aromatic carbocycles. The molecule has 0 heterocycles. The van der Waals surface area contributed by atoms with Crippen LogP contribution in [0.5, 0.6) is 0 Å². The van der Waals surface area contributed by atoms with Crippen LogP contribution in [0.25, 0.3) is 6.08 Å². The number of anilines is 1. The molecule has 2 aromatic rings. The number of carbonyl (C=O) groups is 2. The molecule has 130 valence electrons. The maximum Gasteiger partial charge on any atom is 0.246 e. The quantitative estimate of drug-likeness (QED) is 0.765. The lowest BCUT2D eigenvalue weighted by molar-refractivity contribution is -0.129. The molecule has 4 nitrogen and oxygen atoms in total. The van der Waals surface area contributed by atoms with Crippen LogP contribution < -0.4 is 5.32 Å². The molecule has 0 aliphatic heterocycles. The third-order valence-corrected chi connectivity index (χ3v) is 4.26. The molecule has 25 heavy (non-hydrogen) atoms. The first-order valence-corrected chi connectivity index (χ1v) is 8.71. The molecule has 0 spiro atoms. The van der Waals surface area contributed by atoms with E-state index in [0.717, 1.165) is 26.9 Å². The van der Waals surface area contributed by atoms with Gasteiger partial charge >= 0.3 is 0 Å². The molecular formula is C20H21BrN2O2. The van der Waals surface area contributed by atoms with Crippen molar-refractivity contribution in [2.45, 2.75) is 13.8 Å². The van der Waals surface area contributed by atoms with Crippen LogP contribution in [0, 0.1) is 13.8 Å². The summed E-state index contributed by atoms with van der Waals surface area (Å²) in [5.41, 5.74) is 3.71. The molecule has 5 heteroatoms. The topological polar surface area (TPSA) is 49.4 Å². The monoisotopic (exact) mass is 400 g/mol. The SMILES string of the molecule is Cc1cccc(C)c1NC(=O)CN(C)C(=O)/C=C/c1cccc(Br)c1. The fourth-order valence-electron chi connectivity index (χ4n) is 2.39. The maximum atomic E-state index is 12.2. The van der Waals surface area contributed by atoms with Crippen LogP contribution in [0.4, 0.5) is 5.69 Å². The number of rotatable bonds is 5. The van der Waals surface area contributed by atoms with E-state index >= 15 is 0 Å². The number of hydrogen-bond donors (Lipinski definition) is 1. The molecule has 0 saturated heterocycles. The molecule has 0 radical (unpaired) electrons. The number of hydrogen-bond acceptors (Lipinski definition) is 2. The molecule has 0 bridgehead atoms. The van der Waals surface area contributed by atoms with Crippen LogP contribution >= 0.6 is 15.9 Å². The second-order valence-corrected chi connectivity index (χ2v) is 6.81. The molecule has 0 saturated carbocycles. The lowest BCUT2D eigenvalue weighted by Gasteiger charge is -2.16. The lowest BCUT2D eigenvalue weighted by Crippen LogP contribution is -2.34. The number of likely N-dealkylation sites (N-methyl/N-ethyl adjacent to an activating group) is 1. The summed E-state index contributed by atoms with van der Waals surface area (Å²) in [6.07, 6.45) is 3.20. The molecule has 0 atom stereocenters. The Bertz CT molecular complexity index is 795. The van der Waals surface area contributed by atoms with Gasteiger partial charge in [-0.15, -0.1) is 0 Å². The summed E-state index contributed by atoms with van der Waals surface area (Å²) < 4.78 is 0.948. The Balaban J connectivity index is 1.95. The van der Waals surface area contributed by atoms with Crippen molar-refractivity contribution < 1.29 is 9.59 Å². The van der Waals surface area contributed by atoms with Crippen molar-refractivity contribution in [1.29, 1.82) is 0 Å². The smallest absolute Gasteiger partial charge is 0.246 e. The number of nitrogens with zero attached hydrogens (tertiary/aromatic N) is 1. The van der Waals surface area contributed by atoms with Crippen LogP contribution in [-0.4, -0.2) is 30.3 Å². The zero-order chi connectivity index (χ0) is 18.4. The van der Waals surface area contributed by atoms with E-state index in [1.165, 1.54) is 11.0 Å². The number of amides is 2. The van der Waals surface area contributed by atoms with Crippen molar-refractivity contribution >= 4 is 39.5 Å². The van der Waals surface area contributed by atoms with E-state index in [1.807, 2.05) is 56.3 Å². The van der Waals surface area contributed by atoms with Crippen molar-refractivity contribution in [3.8, 4) is 0 Å². The zero-order valence-corrected chi connectivity index (χ0v) is 16.1. The molecule has 0 aliphatic carbocycles. The fourth-order valence-corrected chi connectivity index (χ4v) is 2.81. The molecule has 0 aromatic heterocycles. The van der Waals surface area contributed by atoms with E-state index < -0.39 is 0 Å². The first kappa shape index (κ1) is 18.9. The summed E-state index contributed by atoms with van der Waals surface area (Å²) >= 11 is 3.39. The summed E-state index contributed by atoms with van der Waals surface area (Å²) in [4.78, 5) is 25.8. The van der Waals surface area contributed by atoms with E-state index in [9.17, 15) is 9.59 Å². The van der Waals surface area contributed by atoms with Crippen LogP contribution in [0.1, 0.15) is 16.7 Å². The van der Waals surface area contributed by atoms with Gasteiger partial charge in [0.05, 0.1) is 6.54 Å². The van der Waals surface area contributed by atoms with Crippen molar-refractivity contribution in [2.24, 2.45) is 0 Å². The minimum Gasteiger partial charge on any atom is -0.333 e. The van der Waals surface area contributed by atoms with E-state index in [4.69, 9.17) is 0 Å². The van der Waals surface area contributed by atoms with Crippen LogP contribution in [0.3, 0.4) is 0 Å². The van der Waals surface area contributed by atoms with Gasteiger partial charge in [-0.2, -0.15) is 0 Å². The van der Waals surface area contributed by atoms with Gasteiger partial charge in [0.15, 0.2) is 0 Å². The van der Waals surface area contributed by atoms with Crippen molar-refractivity contribution in [3.63, 3.8) is 0 Å². The second kappa shape index (κ2) is 8.62. The van der Waals surface area contributed by atoms with Gasteiger partial charge in [0.2, 0.25) is 11.8 Å². The Labute approximate surface area is 156 Å². The number of halogens is 1. The van der Waals surface area contributed by atoms with Crippen LogP contribution in [0.2, 0.25) is 0 Å². The first-order chi connectivity index (χ1) is 11.9. The number of nitrogens with one attached hydrogen (secondary N) is 1. The summed E-state index contributed by atoms with van der Waals surface area (Å²) in [5, 5.41) is 2.88. The van der Waals surface area contributed by atoms with Gasteiger partial charge in [-0.05, 0) is 48.7 Å². The van der Waals surface area contributed by atoms with Crippen LogP contribution in [0.15, 0.2) is 53.0 Å².